The molecule has 21 heavy (non-hydrogen) atoms. The molecule has 4 nitrogen and oxygen atoms in total. The number of halogens is 1. The van der Waals surface area contributed by atoms with Crippen LogP contribution in [0.3, 0.4) is 0 Å². The van der Waals surface area contributed by atoms with Crippen LogP contribution in [0.15, 0.2) is 30.5 Å². The summed E-state index contributed by atoms with van der Waals surface area (Å²) in [4.78, 5) is 16.5. The van der Waals surface area contributed by atoms with Gasteiger partial charge in [-0.2, -0.15) is 0 Å². The maximum absolute atomic E-state index is 12.3. The Morgan fingerprint density at radius 1 is 1.43 bits per heavy atom. The second-order valence-corrected chi connectivity index (χ2v) is 5.82. The molecule has 0 bridgehead atoms. The highest BCUT2D eigenvalue weighted by molar-refractivity contribution is 6.32. The highest BCUT2D eigenvalue weighted by atomic mass is 35.5. The molecule has 1 aromatic heterocycles. The van der Waals surface area contributed by atoms with Crippen LogP contribution in [0.2, 0.25) is 5.02 Å². The quantitative estimate of drug-likeness (QED) is 0.892. The molecule has 0 saturated heterocycles. The van der Waals surface area contributed by atoms with Crippen molar-refractivity contribution in [3.05, 3.63) is 41.0 Å². The Labute approximate surface area is 129 Å². The van der Waals surface area contributed by atoms with Crippen LogP contribution in [-0.2, 0) is 0 Å². The molecule has 1 aromatic carbocycles. The van der Waals surface area contributed by atoms with Gasteiger partial charge in [0.25, 0.3) is 5.91 Å². The Balaban J connectivity index is 2.12. The average Bonchev–Trinajstić information content (AvgIpc) is 2.45. The van der Waals surface area contributed by atoms with E-state index in [0.29, 0.717) is 29.1 Å². The molecule has 0 radical (unpaired) electrons. The Bertz CT molecular complexity index is 643. The molecular formula is C16H19ClN2O2. The summed E-state index contributed by atoms with van der Waals surface area (Å²) < 4.78 is 0. The zero-order valence-corrected chi connectivity index (χ0v) is 12.9. The maximum atomic E-state index is 12.3. The van der Waals surface area contributed by atoms with E-state index in [9.17, 15) is 9.90 Å². The van der Waals surface area contributed by atoms with E-state index >= 15 is 0 Å². The fraction of sp³-hybridized carbons (Fsp3) is 0.375. The predicted octanol–water partition coefficient (Wildman–Crippen LogP) is 3.03. The van der Waals surface area contributed by atoms with Gasteiger partial charge in [0, 0.05) is 23.2 Å². The number of nitrogens with one attached hydrogen (secondary N) is 1. The number of pyridine rings is 1. The molecule has 112 valence electrons. The SMILES string of the molecule is CC(C)C(O)CCNC(=O)c1cc(Cl)cc2cccnc12. The maximum Gasteiger partial charge on any atom is 0.253 e. The lowest BCUT2D eigenvalue weighted by molar-refractivity contribution is 0.0921. The summed E-state index contributed by atoms with van der Waals surface area (Å²) >= 11 is 6.05. The summed E-state index contributed by atoms with van der Waals surface area (Å²) in [6.45, 7) is 4.31. The first-order chi connectivity index (χ1) is 9.99. The van der Waals surface area contributed by atoms with Gasteiger partial charge >= 0.3 is 0 Å². The van der Waals surface area contributed by atoms with E-state index in [1.807, 2.05) is 19.9 Å². The number of fused-ring (bicyclic) bond motifs is 1. The third-order valence-electron chi connectivity index (χ3n) is 3.41. The summed E-state index contributed by atoms with van der Waals surface area (Å²) in [5.41, 5.74) is 1.08. The van der Waals surface area contributed by atoms with Crippen LogP contribution in [-0.4, -0.2) is 28.6 Å². The molecule has 2 aromatic rings. The molecule has 0 fully saturated rings. The van der Waals surface area contributed by atoms with Crippen LogP contribution >= 0.6 is 11.6 Å². The standard InChI is InChI=1S/C16H19ClN2O2/c1-10(2)14(20)5-7-19-16(21)13-9-12(17)8-11-4-3-6-18-15(11)13/h3-4,6,8-10,14,20H,5,7H2,1-2H3,(H,19,21). The Kier molecular flexibility index (Phi) is 5.15. The van der Waals surface area contributed by atoms with Gasteiger partial charge < -0.3 is 10.4 Å². The highest BCUT2D eigenvalue weighted by Gasteiger charge is 2.14. The number of aliphatic hydroxyl groups excluding tert-OH is 1. The minimum atomic E-state index is -0.417. The average molecular weight is 307 g/mol. The molecule has 0 aliphatic heterocycles. The van der Waals surface area contributed by atoms with Gasteiger partial charge in [0.05, 0.1) is 17.2 Å². The van der Waals surface area contributed by atoms with Gasteiger partial charge in [-0.15, -0.1) is 0 Å². The third kappa shape index (κ3) is 3.93. The summed E-state index contributed by atoms with van der Waals surface area (Å²) in [6.07, 6.45) is 1.75. The Morgan fingerprint density at radius 3 is 2.90 bits per heavy atom. The second kappa shape index (κ2) is 6.87. The lowest BCUT2D eigenvalue weighted by atomic mass is 10.0. The van der Waals surface area contributed by atoms with Crippen LogP contribution in [0.4, 0.5) is 0 Å². The molecule has 2 rings (SSSR count). The number of nitrogens with zero attached hydrogens (tertiary/aromatic N) is 1. The lowest BCUT2D eigenvalue weighted by Gasteiger charge is -2.14. The number of carbonyl (C=O) groups is 1. The molecule has 1 heterocycles. The number of aromatic nitrogens is 1. The monoisotopic (exact) mass is 306 g/mol. The first kappa shape index (κ1) is 15.7. The number of amides is 1. The van der Waals surface area contributed by atoms with E-state index in [1.54, 1.807) is 24.4 Å². The number of aliphatic hydroxyl groups is 1. The number of carbonyl (C=O) groups excluding carboxylic acids is 1. The van der Waals surface area contributed by atoms with Gasteiger partial charge in [-0.3, -0.25) is 9.78 Å². The molecule has 0 aliphatic carbocycles. The summed E-state index contributed by atoms with van der Waals surface area (Å²) in [5.74, 6) is -0.0484. The van der Waals surface area contributed by atoms with Crippen molar-refractivity contribution in [2.24, 2.45) is 5.92 Å². The van der Waals surface area contributed by atoms with Gasteiger partial charge in [-0.1, -0.05) is 31.5 Å². The largest absolute Gasteiger partial charge is 0.393 e. The molecule has 0 spiro atoms. The lowest BCUT2D eigenvalue weighted by Crippen LogP contribution is -2.29. The molecule has 1 atom stereocenters. The van der Waals surface area contributed by atoms with Crippen molar-refractivity contribution in [3.8, 4) is 0 Å². The molecule has 5 heteroatoms. The van der Waals surface area contributed by atoms with E-state index in [0.717, 1.165) is 5.39 Å². The van der Waals surface area contributed by atoms with Gasteiger partial charge in [0.2, 0.25) is 0 Å². The first-order valence-electron chi connectivity index (χ1n) is 6.99. The highest BCUT2D eigenvalue weighted by Crippen LogP contribution is 2.22. The van der Waals surface area contributed by atoms with Crippen molar-refractivity contribution in [2.45, 2.75) is 26.4 Å². The van der Waals surface area contributed by atoms with Crippen LogP contribution < -0.4 is 5.32 Å². The van der Waals surface area contributed by atoms with Gasteiger partial charge in [-0.25, -0.2) is 0 Å². The normalized spacial score (nSPS) is 12.6. The van der Waals surface area contributed by atoms with E-state index in [-0.39, 0.29) is 11.8 Å². The van der Waals surface area contributed by atoms with Gasteiger partial charge in [-0.05, 0) is 30.5 Å². The zero-order valence-electron chi connectivity index (χ0n) is 12.1. The summed E-state index contributed by atoms with van der Waals surface area (Å²) in [5, 5.41) is 13.9. The second-order valence-electron chi connectivity index (χ2n) is 5.38. The molecule has 1 amide bonds. The van der Waals surface area contributed by atoms with Crippen molar-refractivity contribution in [2.75, 3.05) is 6.54 Å². The number of benzene rings is 1. The van der Waals surface area contributed by atoms with Crippen molar-refractivity contribution >= 4 is 28.4 Å². The van der Waals surface area contributed by atoms with Crippen molar-refractivity contribution in [3.63, 3.8) is 0 Å². The Morgan fingerprint density at radius 2 is 2.19 bits per heavy atom. The number of hydrogen-bond donors (Lipinski definition) is 2. The van der Waals surface area contributed by atoms with Crippen LogP contribution in [0.5, 0.6) is 0 Å². The van der Waals surface area contributed by atoms with Gasteiger partial charge in [0.1, 0.15) is 0 Å². The van der Waals surface area contributed by atoms with Crippen molar-refractivity contribution in [1.29, 1.82) is 0 Å². The fourth-order valence-corrected chi connectivity index (χ4v) is 2.32. The Hall–Kier alpha value is -1.65. The van der Waals surface area contributed by atoms with Crippen molar-refractivity contribution in [1.82, 2.24) is 10.3 Å². The number of rotatable bonds is 5. The molecular weight excluding hydrogens is 288 g/mol. The van der Waals surface area contributed by atoms with E-state index < -0.39 is 6.10 Å². The summed E-state index contributed by atoms with van der Waals surface area (Å²) in [7, 11) is 0. The first-order valence-corrected chi connectivity index (χ1v) is 7.37. The van der Waals surface area contributed by atoms with Crippen LogP contribution in [0.25, 0.3) is 10.9 Å². The zero-order chi connectivity index (χ0) is 15.4. The summed E-state index contributed by atoms with van der Waals surface area (Å²) in [6, 6.07) is 7.07. The van der Waals surface area contributed by atoms with Crippen LogP contribution in [0, 0.1) is 5.92 Å². The topological polar surface area (TPSA) is 62.2 Å². The minimum absolute atomic E-state index is 0.176. The molecule has 2 N–H and O–H groups in total. The molecule has 0 saturated carbocycles. The fourth-order valence-electron chi connectivity index (χ4n) is 2.09. The van der Waals surface area contributed by atoms with E-state index in [4.69, 9.17) is 11.6 Å². The molecule has 1 unspecified atom stereocenters. The molecule has 0 aliphatic rings. The van der Waals surface area contributed by atoms with E-state index in [1.165, 1.54) is 0 Å². The van der Waals surface area contributed by atoms with E-state index in [2.05, 4.69) is 10.3 Å². The minimum Gasteiger partial charge on any atom is -0.393 e. The smallest absolute Gasteiger partial charge is 0.253 e. The predicted molar refractivity (Wildman–Crippen MR) is 84.5 cm³/mol. The van der Waals surface area contributed by atoms with Gasteiger partial charge in [0.15, 0.2) is 0 Å². The van der Waals surface area contributed by atoms with Crippen LogP contribution in [0.1, 0.15) is 30.6 Å². The number of hydrogen-bond acceptors (Lipinski definition) is 3. The van der Waals surface area contributed by atoms with Crippen molar-refractivity contribution < 1.29 is 9.90 Å². The third-order valence-corrected chi connectivity index (χ3v) is 3.63.